The van der Waals surface area contributed by atoms with Crippen LogP contribution in [0.3, 0.4) is 0 Å². The zero-order valence-corrected chi connectivity index (χ0v) is 26.9. The first-order valence-corrected chi connectivity index (χ1v) is 15.0. The molecule has 2 aromatic rings. The number of nitrogens with zero attached hydrogens (tertiary/aromatic N) is 5. The number of methoxy groups -OCH3 is 2. The Labute approximate surface area is 267 Å². The monoisotopic (exact) mass is 645 g/mol. The van der Waals surface area contributed by atoms with Gasteiger partial charge in [-0.05, 0) is 62.4 Å². The zero-order chi connectivity index (χ0) is 33.7. The van der Waals surface area contributed by atoms with Crippen molar-refractivity contribution in [1.82, 2.24) is 35.7 Å². The van der Waals surface area contributed by atoms with Crippen LogP contribution in [0.25, 0.3) is 0 Å². The summed E-state index contributed by atoms with van der Waals surface area (Å²) < 4.78 is 22.0. The number of ether oxygens (including phenoxy) is 4. The van der Waals surface area contributed by atoms with E-state index in [4.69, 9.17) is 18.9 Å². The van der Waals surface area contributed by atoms with Crippen molar-refractivity contribution in [3.63, 3.8) is 0 Å². The first kappa shape index (κ1) is 35.9. The Hall–Kier alpha value is -4.60. The number of hydrogen-bond donors (Lipinski definition) is 2. The van der Waals surface area contributed by atoms with Crippen LogP contribution >= 0.6 is 0 Å². The first-order chi connectivity index (χ1) is 21.9. The minimum absolute atomic E-state index is 0.0129. The van der Waals surface area contributed by atoms with Crippen molar-refractivity contribution in [2.45, 2.75) is 96.4 Å². The average Bonchev–Trinajstić information content (AvgIpc) is 3.47. The molecule has 16 nitrogen and oxygen atoms in total. The summed E-state index contributed by atoms with van der Waals surface area (Å²) in [4.78, 5) is 66.8. The van der Waals surface area contributed by atoms with Crippen LogP contribution in [0.4, 0.5) is 4.79 Å². The molecule has 2 heterocycles. The normalized spacial score (nSPS) is 16.1. The molecule has 1 aliphatic rings. The van der Waals surface area contributed by atoms with E-state index in [-0.39, 0.29) is 32.7 Å². The smallest absolute Gasteiger partial charge is 0.408 e. The molecule has 0 unspecified atom stereocenters. The maximum Gasteiger partial charge on any atom is 0.408 e. The summed E-state index contributed by atoms with van der Waals surface area (Å²) in [6.45, 7) is 5.35. The molecule has 2 N–H and O–H groups in total. The quantitative estimate of drug-likeness (QED) is 0.221. The molecule has 252 valence electrons. The molecule has 1 saturated heterocycles. The lowest BCUT2D eigenvalue weighted by Crippen LogP contribution is -2.59. The standard InChI is InChI=1S/C30H43N7O9/c1-30(2,3)46-25(38)17-22(28(41)44-5)31-26(39)23-13-9-10-16-36(23)27(40)21(14-15-24-33-34-35-37(24)19-43-4)32-29(42)45-18-20-11-7-6-8-12-20/h6-8,11-12,21-23H,9-10,13-19H2,1-5H3,(H,31,39)(H,32,42)/t21-,22-,23-/m0/s1. The molecular weight excluding hydrogens is 602 g/mol. The van der Waals surface area contributed by atoms with Crippen LogP contribution in [0.1, 0.15) is 64.3 Å². The van der Waals surface area contributed by atoms with Crippen molar-refractivity contribution in [2.24, 2.45) is 0 Å². The van der Waals surface area contributed by atoms with Gasteiger partial charge in [0.25, 0.3) is 0 Å². The molecule has 1 aromatic carbocycles. The Morgan fingerprint density at radius 1 is 1.02 bits per heavy atom. The molecule has 3 atom stereocenters. The SMILES string of the molecule is COCn1nnnc1CC[C@H](NC(=O)OCc1ccccc1)C(=O)N1CCCC[C@H]1C(=O)N[C@@H](CC(=O)OC(C)(C)C)C(=O)OC. The van der Waals surface area contributed by atoms with Gasteiger partial charge in [-0.1, -0.05) is 30.3 Å². The highest BCUT2D eigenvalue weighted by Gasteiger charge is 2.38. The number of carbonyl (C=O) groups is 5. The van der Waals surface area contributed by atoms with Gasteiger partial charge in [-0.25, -0.2) is 14.3 Å². The Morgan fingerprint density at radius 2 is 1.76 bits per heavy atom. The number of rotatable bonds is 14. The molecule has 0 spiro atoms. The number of nitrogens with one attached hydrogen (secondary N) is 2. The number of amides is 3. The van der Waals surface area contributed by atoms with Crippen molar-refractivity contribution < 1.29 is 42.9 Å². The molecular formula is C30H43N7O9. The van der Waals surface area contributed by atoms with Crippen LogP contribution in [-0.2, 0) is 57.9 Å². The lowest BCUT2D eigenvalue weighted by molar-refractivity contribution is -0.159. The molecule has 0 radical (unpaired) electrons. The zero-order valence-electron chi connectivity index (χ0n) is 26.9. The van der Waals surface area contributed by atoms with E-state index in [1.165, 1.54) is 16.7 Å². The summed E-state index contributed by atoms with van der Waals surface area (Å²) in [5, 5.41) is 16.7. The second-order valence-corrected chi connectivity index (χ2v) is 11.7. The Kier molecular flexibility index (Phi) is 13.4. The molecule has 16 heteroatoms. The van der Waals surface area contributed by atoms with Crippen LogP contribution in [0.5, 0.6) is 0 Å². The number of aromatic nitrogens is 4. The van der Waals surface area contributed by atoms with Crippen LogP contribution < -0.4 is 10.6 Å². The fraction of sp³-hybridized carbons (Fsp3) is 0.600. The predicted octanol–water partition coefficient (Wildman–Crippen LogP) is 1.28. The molecule has 0 aliphatic carbocycles. The summed E-state index contributed by atoms with van der Waals surface area (Å²) in [6.07, 6.45) is 0.554. The molecule has 46 heavy (non-hydrogen) atoms. The lowest BCUT2D eigenvalue weighted by atomic mass is 9.98. The highest BCUT2D eigenvalue weighted by atomic mass is 16.6. The van der Waals surface area contributed by atoms with Gasteiger partial charge in [0, 0.05) is 20.1 Å². The Morgan fingerprint density at radius 3 is 2.43 bits per heavy atom. The average molecular weight is 646 g/mol. The Balaban J connectivity index is 1.77. The lowest BCUT2D eigenvalue weighted by Gasteiger charge is -2.37. The first-order valence-electron chi connectivity index (χ1n) is 15.0. The van der Waals surface area contributed by atoms with E-state index in [1.807, 2.05) is 18.2 Å². The van der Waals surface area contributed by atoms with E-state index >= 15 is 0 Å². The van der Waals surface area contributed by atoms with E-state index in [1.54, 1.807) is 32.9 Å². The van der Waals surface area contributed by atoms with E-state index < -0.39 is 60.0 Å². The van der Waals surface area contributed by atoms with Gasteiger partial charge in [0.05, 0.1) is 13.5 Å². The van der Waals surface area contributed by atoms with Crippen molar-refractivity contribution >= 4 is 29.8 Å². The van der Waals surface area contributed by atoms with Gasteiger partial charge in [0.1, 0.15) is 37.1 Å². The van der Waals surface area contributed by atoms with Crippen molar-refractivity contribution in [2.75, 3.05) is 20.8 Å². The summed E-state index contributed by atoms with van der Waals surface area (Å²) in [6, 6.07) is 5.65. The predicted molar refractivity (Wildman–Crippen MR) is 160 cm³/mol. The van der Waals surface area contributed by atoms with Crippen LogP contribution in [0, 0.1) is 0 Å². The Bertz CT molecular complexity index is 1330. The van der Waals surface area contributed by atoms with E-state index in [2.05, 4.69) is 26.2 Å². The van der Waals surface area contributed by atoms with Crippen LogP contribution in [0.2, 0.25) is 0 Å². The van der Waals surface area contributed by atoms with Crippen molar-refractivity contribution in [1.29, 1.82) is 0 Å². The third-order valence-electron chi connectivity index (χ3n) is 7.00. The number of benzene rings is 1. The van der Waals surface area contributed by atoms with E-state index in [9.17, 15) is 24.0 Å². The number of carbonyl (C=O) groups excluding carboxylic acids is 5. The molecule has 1 aromatic heterocycles. The molecule has 3 rings (SSSR count). The van der Waals surface area contributed by atoms with Gasteiger partial charge in [-0.3, -0.25) is 14.4 Å². The van der Waals surface area contributed by atoms with Gasteiger partial charge in [0.2, 0.25) is 11.8 Å². The molecule has 1 aliphatic heterocycles. The number of piperidine rings is 1. The van der Waals surface area contributed by atoms with Gasteiger partial charge in [0.15, 0.2) is 5.82 Å². The van der Waals surface area contributed by atoms with Gasteiger partial charge in [-0.2, -0.15) is 0 Å². The number of hydrogen-bond acceptors (Lipinski definition) is 12. The number of aryl methyl sites for hydroxylation is 1. The molecule has 1 fully saturated rings. The summed E-state index contributed by atoms with van der Waals surface area (Å²) in [7, 11) is 2.63. The summed E-state index contributed by atoms with van der Waals surface area (Å²) in [5.41, 5.74) is -0.0376. The largest absolute Gasteiger partial charge is 0.467 e. The summed E-state index contributed by atoms with van der Waals surface area (Å²) >= 11 is 0. The second-order valence-electron chi connectivity index (χ2n) is 11.7. The van der Waals surface area contributed by atoms with E-state index in [0.717, 1.165) is 12.7 Å². The van der Waals surface area contributed by atoms with Gasteiger partial charge in [-0.15, -0.1) is 5.10 Å². The number of esters is 2. The van der Waals surface area contributed by atoms with Crippen molar-refractivity contribution in [3.8, 4) is 0 Å². The third kappa shape index (κ3) is 11.1. The van der Waals surface area contributed by atoms with Crippen LogP contribution in [0.15, 0.2) is 30.3 Å². The third-order valence-corrected chi connectivity index (χ3v) is 7.00. The molecule has 0 bridgehead atoms. The number of likely N-dealkylation sites (tertiary alicyclic amines) is 1. The highest BCUT2D eigenvalue weighted by Crippen LogP contribution is 2.21. The minimum atomic E-state index is -1.33. The van der Waals surface area contributed by atoms with Gasteiger partial charge >= 0.3 is 18.0 Å². The maximum atomic E-state index is 14.0. The topological polar surface area (TPSA) is 193 Å². The maximum absolute atomic E-state index is 14.0. The van der Waals surface area contributed by atoms with Crippen LogP contribution in [-0.4, -0.2) is 99.4 Å². The fourth-order valence-corrected chi connectivity index (χ4v) is 4.88. The number of tetrazole rings is 1. The highest BCUT2D eigenvalue weighted by molar-refractivity contribution is 5.94. The van der Waals surface area contributed by atoms with Gasteiger partial charge < -0.3 is 34.5 Å². The second kappa shape index (κ2) is 17.2. The number of alkyl carbamates (subject to hydrolysis) is 1. The fourth-order valence-electron chi connectivity index (χ4n) is 4.88. The van der Waals surface area contributed by atoms with E-state index in [0.29, 0.717) is 25.1 Å². The molecule has 0 saturated carbocycles. The summed E-state index contributed by atoms with van der Waals surface area (Å²) in [5.74, 6) is -2.27. The minimum Gasteiger partial charge on any atom is -0.467 e. The van der Waals surface area contributed by atoms with Crippen molar-refractivity contribution in [3.05, 3.63) is 41.7 Å². The molecule has 3 amide bonds.